The fourth-order valence-electron chi connectivity index (χ4n) is 1.39. The van der Waals surface area contributed by atoms with Gasteiger partial charge in [-0.15, -0.1) is 0 Å². The van der Waals surface area contributed by atoms with Crippen molar-refractivity contribution in [3.05, 3.63) is 33.3 Å². The summed E-state index contributed by atoms with van der Waals surface area (Å²) in [6.07, 6.45) is 0. The lowest BCUT2D eigenvalue weighted by Crippen LogP contribution is -2.32. The number of hydrogen-bond acceptors (Lipinski definition) is 2. The van der Waals surface area contributed by atoms with Crippen LogP contribution < -0.4 is 5.73 Å². The van der Waals surface area contributed by atoms with Gasteiger partial charge in [0.05, 0.1) is 4.99 Å². The molecule has 1 rings (SSSR count). The topological polar surface area (TPSA) is 29.3 Å². The van der Waals surface area contributed by atoms with Crippen molar-refractivity contribution in [3.63, 3.8) is 0 Å². The summed E-state index contributed by atoms with van der Waals surface area (Å²) >= 11 is 14.4. The zero-order valence-corrected chi connectivity index (χ0v) is 12.2. The van der Waals surface area contributed by atoms with E-state index in [0.29, 0.717) is 11.5 Å². The number of rotatable bonds is 5. The van der Waals surface area contributed by atoms with Gasteiger partial charge in [0.15, 0.2) is 0 Å². The number of likely N-dealkylation sites (N-methyl/N-ethyl adjacent to an activating group) is 1. The first-order chi connectivity index (χ1) is 7.52. The molecule has 0 bridgehead atoms. The Morgan fingerprint density at radius 1 is 1.56 bits per heavy atom. The molecule has 0 fully saturated rings. The fraction of sp³-hybridized carbons (Fsp3) is 0.364. The predicted molar refractivity (Wildman–Crippen MR) is 76.9 cm³/mol. The lowest BCUT2D eigenvalue weighted by atomic mass is 10.2. The van der Waals surface area contributed by atoms with Gasteiger partial charge in [-0.2, -0.15) is 0 Å². The third-order valence-corrected chi connectivity index (χ3v) is 3.21. The molecule has 1 aromatic carbocycles. The van der Waals surface area contributed by atoms with Crippen molar-refractivity contribution in [2.24, 2.45) is 5.73 Å². The second-order valence-corrected chi connectivity index (χ2v) is 5.35. The van der Waals surface area contributed by atoms with Gasteiger partial charge in [-0.25, -0.2) is 0 Å². The average molecular weight is 322 g/mol. The van der Waals surface area contributed by atoms with E-state index in [4.69, 9.17) is 29.6 Å². The molecule has 16 heavy (non-hydrogen) atoms. The molecule has 0 spiro atoms. The Morgan fingerprint density at radius 2 is 2.25 bits per heavy atom. The van der Waals surface area contributed by atoms with E-state index in [0.717, 1.165) is 28.1 Å². The van der Waals surface area contributed by atoms with E-state index in [1.807, 2.05) is 18.2 Å². The number of halogens is 2. The summed E-state index contributed by atoms with van der Waals surface area (Å²) in [5.74, 6) is 0. The van der Waals surface area contributed by atoms with Crippen LogP contribution in [0, 0.1) is 0 Å². The standard InChI is InChI=1S/C11H14BrClN2S/c1-2-15(7-11(14)16)6-8-3-4-9(12)5-10(8)13/h3-5H,2,6-7H2,1H3,(H2,14,16). The summed E-state index contributed by atoms with van der Waals surface area (Å²) in [7, 11) is 0. The molecule has 0 heterocycles. The number of nitrogens with zero attached hydrogens (tertiary/aromatic N) is 1. The van der Waals surface area contributed by atoms with Crippen LogP contribution in [0.5, 0.6) is 0 Å². The van der Waals surface area contributed by atoms with Gasteiger partial charge in [0.25, 0.3) is 0 Å². The monoisotopic (exact) mass is 320 g/mol. The minimum atomic E-state index is 0.509. The molecule has 0 amide bonds. The van der Waals surface area contributed by atoms with E-state index in [1.54, 1.807) is 0 Å². The van der Waals surface area contributed by atoms with E-state index in [-0.39, 0.29) is 0 Å². The van der Waals surface area contributed by atoms with Crippen LogP contribution in [-0.4, -0.2) is 23.0 Å². The molecule has 0 radical (unpaired) electrons. The molecule has 0 aromatic heterocycles. The Hall–Kier alpha value is -0.160. The van der Waals surface area contributed by atoms with Crippen LogP contribution in [0.25, 0.3) is 0 Å². The van der Waals surface area contributed by atoms with Gasteiger partial charge in [-0.1, -0.05) is 52.7 Å². The number of nitrogens with two attached hydrogens (primary N) is 1. The summed E-state index contributed by atoms with van der Waals surface area (Å²) in [5.41, 5.74) is 6.62. The maximum Gasteiger partial charge on any atom is 0.0870 e. The van der Waals surface area contributed by atoms with Crippen molar-refractivity contribution in [3.8, 4) is 0 Å². The first kappa shape index (κ1) is 13.9. The highest BCUT2D eigenvalue weighted by atomic mass is 79.9. The van der Waals surface area contributed by atoms with Crippen molar-refractivity contribution in [1.82, 2.24) is 4.90 Å². The van der Waals surface area contributed by atoms with Crippen LogP contribution in [0.1, 0.15) is 12.5 Å². The number of hydrogen-bond donors (Lipinski definition) is 1. The average Bonchev–Trinajstić information content (AvgIpc) is 2.20. The van der Waals surface area contributed by atoms with E-state index >= 15 is 0 Å². The molecule has 2 N–H and O–H groups in total. The number of benzene rings is 1. The third kappa shape index (κ3) is 4.37. The Bertz CT molecular complexity index is 384. The summed E-state index contributed by atoms with van der Waals surface area (Å²) in [6.45, 7) is 4.35. The maximum atomic E-state index is 6.15. The third-order valence-electron chi connectivity index (χ3n) is 2.24. The summed E-state index contributed by atoms with van der Waals surface area (Å²) in [6, 6.07) is 5.88. The summed E-state index contributed by atoms with van der Waals surface area (Å²) in [4.78, 5) is 2.66. The molecular formula is C11H14BrClN2S. The largest absolute Gasteiger partial charge is 0.392 e. The van der Waals surface area contributed by atoms with Crippen molar-refractivity contribution < 1.29 is 0 Å². The lowest BCUT2D eigenvalue weighted by Gasteiger charge is -2.20. The minimum Gasteiger partial charge on any atom is -0.392 e. The lowest BCUT2D eigenvalue weighted by molar-refractivity contribution is 0.321. The first-order valence-corrected chi connectivity index (χ1v) is 6.55. The molecule has 0 saturated heterocycles. The van der Waals surface area contributed by atoms with Crippen molar-refractivity contribution >= 4 is 44.7 Å². The maximum absolute atomic E-state index is 6.15. The van der Waals surface area contributed by atoms with Crippen molar-refractivity contribution in [2.75, 3.05) is 13.1 Å². The van der Waals surface area contributed by atoms with Gasteiger partial charge in [0.2, 0.25) is 0 Å². The molecule has 0 aliphatic heterocycles. The SMILES string of the molecule is CCN(CC(N)=S)Cc1ccc(Br)cc1Cl. The Kier molecular flexibility index (Phi) is 5.69. The van der Waals surface area contributed by atoms with E-state index < -0.39 is 0 Å². The van der Waals surface area contributed by atoms with Crippen LogP contribution in [-0.2, 0) is 6.54 Å². The summed E-state index contributed by atoms with van der Waals surface area (Å²) < 4.78 is 0.985. The van der Waals surface area contributed by atoms with Gasteiger partial charge < -0.3 is 5.73 Å². The molecule has 1 aromatic rings. The van der Waals surface area contributed by atoms with Crippen molar-refractivity contribution in [2.45, 2.75) is 13.5 Å². The molecule has 2 nitrogen and oxygen atoms in total. The Balaban J connectivity index is 2.73. The Labute approximate surface area is 115 Å². The zero-order chi connectivity index (χ0) is 12.1. The zero-order valence-electron chi connectivity index (χ0n) is 9.04. The van der Waals surface area contributed by atoms with Gasteiger partial charge in [0.1, 0.15) is 0 Å². The van der Waals surface area contributed by atoms with Crippen molar-refractivity contribution in [1.29, 1.82) is 0 Å². The van der Waals surface area contributed by atoms with Gasteiger partial charge in [-0.05, 0) is 24.2 Å². The molecule has 0 saturated carbocycles. The van der Waals surface area contributed by atoms with E-state index in [9.17, 15) is 0 Å². The van der Waals surface area contributed by atoms with Gasteiger partial charge >= 0.3 is 0 Å². The molecule has 0 aliphatic rings. The quantitative estimate of drug-likeness (QED) is 0.844. The minimum absolute atomic E-state index is 0.509. The molecule has 0 atom stereocenters. The predicted octanol–water partition coefficient (Wildman–Crippen LogP) is 3.21. The first-order valence-electron chi connectivity index (χ1n) is 4.97. The van der Waals surface area contributed by atoms with Crippen LogP contribution >= 0.6 is 39.7 Å². The molecule has 5 heteroatoms. The second kappa shape index (κ2) is 6.55. The van der Waals surface area contributed by atoms with Gasteiger partial charge in [0, 0.05) is 22.6 Å². The Morgan fingerprint density at radius 3 is 2.75 bits per heavy atom. The van der Waals surface area contributed by atoms with E-state index in [1.165, 1.54) is 0 Å². The highest BCUT2D eigenvalue weighted by Crippen LogP contribution is 2.22. The van der Waals surface area contributed by atoms with Crippen LogP contribution in [0.2, 0.25) is 5.02 Å². The van der Waals surface area contributed by atoms with Gasteiger partial charge in [-0.3, -0.25) is 4.90 Å². The molecule has 88 valence electrons. The molecular weight excluding hydrogens is 308 g/mol. The second-order valence-electron chi connectivity index (χ2n) is 3.51. The molecule has 0 unspecified atom stereocenters. The highest BCUT2D eigenvalue weighted by molar-refractivity contribution is 9.10. The summed E-state index contributed by atoms with van der Waals surface area (Å²) in [5, 5.41) is 0.760. The normalized spacial score (nSPS) is 10.8. The van der Waals surface area contributed by atoms with Crippen LogP contribution in [0.15, 0.2) is 22.7 Å². The smallest absolute Gasteiger partial charge is 0.0870 e. The highest BCUT2D eigenvalue weighted by Gasteiger charge is 2.08. The van der Waals surface area contributed by atoms with Crippen LogP contribution in [0.4, 0.5) is 0 Å². The molecule has 0 aliphatic carbocycles. The van der Waals surface area contributed by atoms with Crippen LogP contribution in [0.3, 0.4) is 0 Å². The fourth-order valence-corrected chi connectivity index (χ4v) is 2.31. The van der Waals surface area contributed by atoms with E-state index in [2.05, 4.69) is 27.8 Å². The number of thiocarbonyl (C=S) groups is 1.